The zero-order valence-electron chi connectivity index (χ0n) is 6.48. The van der Waals surface area contributed by atoms with Crippen molar-refractivity contribution >= 4 is 5.71 Å². The van der Waals surface area contributed by atoms with Crippen LogP contribution in [-0.2, 0) is 4.84 Å². The van der Waals surface area contributed by atoms with Gasteiger partial charge in [-0.3, -0.25) is 0 Å². The van der Waals surface area contributed by atoms with E-state index < -0.39 is 0 Å². The second-order valence-corrected chi connectivity index (χ2v) is 2.01. The van der Waals surface area contributed by atoms with E-state index in [1.165, 1.54) is 0 Å². The predicted octanol–water partition coefficient (Wildman–Crippen LogP) is 2.20. The van der Waals surface area contributed by atoms with E-state index in [0.29, 0.717) is 0 Å². The molecule has 0 spiro atoms. The van der Waals surface area contributed by atoms with Crippen LogP contribution in [0.15, 0.2) is 5.16 Å². The Bertz CT molecular complexity index is 88.9. The van der Waals surface area contributed by atoms with Crippen molar-refractivity contribution in [2.24, 2.45) is 5.16 Å². The highest BCUT2D eigenvalue weighted by Gasteiger charge is 1.83. The summed E-state index contributed by atoms with van der Waals surface area (Å²) in [7, 11) is 0. The average Bonchev–Trinajstić information content (AvgIpc) is 1.89. The Morgan fingerprint density at radius 3 is 2.56 bits per heavy atom. The summed E-state index contributed by atoms with van der Waals surface area (Å²) in [4.78, 5) is 4.92. The van der Waals surface area contributed by atoms with E-state index in [4.69, 9.17) is 4.84 Å². The van der Waals surface area contributed by atoms with Crippen molar-refractivity contribution in [1.82, 2.24) is 0 Å². The second kappa shape index (κ2) is 5.60. The Morgan fingerprint density at radius 2 is 2.11 bits per heavy atom. The summed E-state index contributed by atoms with van der Waals surface area (Å²) in [6.07, 6.45) is 2.00. The van der Waals surface area contributed by atoms with Crippen LogP contribution in [0, 0.1) is 0 Å². The first-order valence-corrected chi connectivity index (χ1v) is 3.46. The van der Waals surface area contributed by atoms with Gasteiger partial charge in [-0.15, -0.1) is 0 Å². The highest BCUT2D eigenvalue weighted by atomic mass is 16.6. The summed E-state index contributed by atoms with van der Waals surface area (Å²) in [5.41, 5.74) is 1.06. The Morgan fingerprint density at radius 1 is 1.44 bits per heavy atom. The van der Waals surface area contributed by atoms with E-state index in [1.807, 2.05) is 6.92 Å². The van der Waals surface area contributed by atoms with Crippen LogP contribution in [0.5, 0.6) is 0 Å². The second-order valence-electron chi connectivity index (χ2n) is 2.01. The molecule has 2 nitrogen and oxygen atoms in total. The molecule has 0 aliphatic heterocycles. The molecule has 54 valence electrons. The molecule has 2 heteroatoms. The molecule has 0 aromatic heterocycles. The van der Waals surface area contributed by atoms with Crippen LogP contribution in [0.25, 0.3) is 0 Å². The summed E-state index contributed by atoms with van der Waals surface area (Å²) in [5.74, 6) is 0. The molecule has 0 saturated carbocycles. The van der Waals surface area contributed by atoms with Gasteiger partial charge < -0.3 is 4.84 Å². The molecule has 0 amide bonds. The molecular formula is C7H15NO. The largest absolute Gasteiger partial charge is 0.396 e. The van der Waals surface area contributed by atoms with Gasteiger partial charge in [-0.1, -0.05) is 19.0 Å². The van der Waals surface area contributed by atoms with Crippen molar-refractivity contribution in [3.63, 3.8) is 0 Å². The standard InChI is InChI=1S/C7H15NO/c1-4-6-9-8-7(3)5-2/h4-6H2,1-3H3. The van der Waals surface area contributed by atoms with Crippen LogP contribution in [0.2, 0.25) is 0 Å². The maximum atomic E-state index is 4.92. The third kappa shape index (κ3) is 5.34. The van der Waals surface area contributed by atoms with Crippen LogP contribution in [0.3, 0.4) is 0 Å². The van der Waals surface area contributed by atoms with Crippen molar-refractivity contribution in [3.8, 4) is 0 Å². The quantitative estimate of drug-likeness (QED) is 0.324. The molecule has 0 saturated heterocycles. The van der Waals surface area contributed by atoms with Crippen LogP contribution >= 0.6 is 0 Å². The Labute approximate surface area is 56.9 Å². The van der Waals surface area contributed by atoms with Crippen LogP contribution in [-0.4, -0.2) is 12.3 Å². The van der Waals surface area contributed by atoms with E-state index in [0.717, 1.165) is 25.2 Å². The highest BCUT2D eigenvalue weighted by molar-refractivity contribution is 5.80. The number of hydrogen-bond acceptors (Lipinski definition) is 2. The van der Waals surface area contributed by atoms with E-state index in [-0.39, 0.29) is 0 Å². The lowest BCUT2D eigenvalue weighted by Crippen LogP contribution is -1.91. The van der Waals surface area contributed by atoms with Crippen molar-refractivity contribution in [1.29, 1.82) is 0 Å². The van der Waals surface area contributed by atoms with Gasteiger partial charge in [0.25, 0.3) is 0 Å². The van der Waals surface area contributed by atoms with Crippen molar-refractivity contribution in [3.05, 3.63) is 0 Å². The molecule has 9 heavy (non-hydrogen) atoms. The summed E-state index contributed by atoms with van der Waals surface area (Å²) < 4.78 is 0. The molecule has 0 aromatic rings. The topological polar surface area (TPSA) is 21.6 Å². The smallest absolute Gasteiger partial charge is 0.116 e. The van der Waals surface area contributed by atoms with Gasteiger partial charge >= 0.3 is 0 Å². The molecule has 0 atom stereocenters. The maximum Gasteiger partial charge on any atom is 0.116 e. The molecule has 0 fully saturated rings. The van der Waals surface area contributed by atoms with Crippen molar-refractivity contribution in [2.75, 3.05) is 6.61 Å². The van der Waals surface area contributed by atoms with Gasteiger partial charge in [0.15, 0.2) is 0 Å². The SMILES string of the molecule is CCCON=C(C)CC. The first kappa shape index (κ1) is 8.47. The zero-order chi connectivity index (χ0) is 7.11. The number of rotatable bonds is 4. The van der Waals surface area contributed by atoms with Gasteiger partial charge in [0, 0.05) is 0 Å². The monoisotopic (exact) mass is 129 g/mol. The summed E-state index contributed by atoms with van der Waals surface area (Å²) in [6.45, 7) is 6.83. The Balaban J connectivity index is 3.21. The molecule has 0 rings (SSSR count). The van der Waals surface area contributed by atoms with Gasteiger partial charge in [0.2, 0.25) is 0 Å². The number of oxime groups is 1. The molecule has 0 aliphatic rings. The Kier molecular flexibility index (Phi) is 5.27. The number of hydrogen-bond donors (Lipinski definition) is 0. The molecule has 0 radical (unpaired) electrons. The van der Waals surface area contributed by atoms with Crippen LogP contribution < -0.4 is 0 Å². The lowest BCUT2D eigenvalue weighted by atomic mass is 10.3. The van der Waals surface area contributed by atoms with Gasteiger partial charge in [0.1, 0.15) is 6.61 Å². The minimum atomic E-state index is 0.733. The van der Waals surface area contributed by atoms with Crippen LogP contribution in [0.4, 0.5) is 0 Å². The highest BCUT2D eigenvalue weighted by Crippen LogP contribution is 1.86. The fourth-order valence-corrected chi connectivity index (χ4v) is 0.312. The van der Waals surface area contributed by atoms with E-state index in [1.54, 1.807) is 0 Å². The van der Waals surface area contributed by atoms with Gasteiger partial charge in [0.05, 0.1) is 5.71 Å². The molecular weight excluding hydrogens is 114 g/mol. The minimum Gasteiger partial charge on any atom is -0.396 e. The lowest BCUT2D eigenvalue weighted by molar-refractivity contribution is 0.144. The maximum absolute atomic E-state index is 4.92. The molecule has 0 heterocycles. The summed E-state index contributed by atoms with van der Waals surface area (Å²) in [6, 6.07) is 0. The van der Waals surface area contributed by atoms with E-state index in [9.17, 15) is 0 Å². The van der Waals surface area contributed by atoms with Gasteiger partial charge in [-0.25, -0.2) is 0 Å². The van der Waals surface area contributed by atoms with Gasteiger partial charge in [-0.05, 0) is 19.8 Å². The average molecular weight is 129 g/mol. The van der Waals surface area contributed by atoms with Crippen molar-refractivity contribution < 1.29 is 4.84 Å². The normalized spacial score (nSPS) is 11.7. The minimum absolute atomic E-state index is 0.733. The predicted molar refractivity (Wildman–Crippen MR) is 39.6 cm³/mol. The first-order chi connectivity index (χ1) is 4.31. The molecule has 0 unspecified atom stereocenters. The molecule has 0 aromatic carbocycles. The number of nitrogens with zero attached hydrogens (tertiary/aromatic N) is 1. The third-order valence-corrected chi connectivity index (χ3v) is 1.03. The zero-order valence-corrected chi connectivity index (χ0v) is 6.48. The Hall–Kier alpha value is -0.530. The van der Waals surface area contributed by atoms with E-state index in [2.05, 4.69) is 19.0 Å². The summed E-state index contributed by atoms with van der Waals surface area (Å²) >= 11 is 0. The third-order valence-electron chi connectivity index (χ3n) is 1.03. The van der Waals surface area contributed by atoms with Crippen molar-refractivity contribution in [2.45, 2.75) is 33.6 Å². The fraction of sp³-hybridized carbons (Fsp3) is 0.857. The fourth-order valence-electron chi connectivity index (χ4n) is 0.312. The molecule has 0 aliphatic carbocycles. The lowest BCUT2D eigenvalue weighted by Gasteiger charge is -1.95. The van der Waals surface area contributed by atoms with Crippen LogP contribution in [0.1, 0.15) is 33.6 Å². The summed E-state index contributed by atoms with van der Waals surface area (Å²) in [5, 5.41) is 3.85. The molecule has 0 bridgehead atoms. The molecule has 0 N–H and O–H groups in total. The first-order valence-electron chi connectivity index (χ1n) is 3.46. The van der Waals surface area contributed by atoms with Gasteiger partial charge in [-0.2, -0.15) is 0 Å². The van der Waals surface area contributed by atoms with E-state index >= 15 is 0 Å².